The third kappa shape index (κ3) is 3.72. The Hall–Kier alpha value is -3.81. The summed E-state index contributed by atoms with van der Waals surface area (Å²) in [7, 11) is 0. The number of pyridine rings is 1. The van der Waals surface area contributed by atoms with Gasteiger partial charge >= 0.3 is 6.03 Å². The van der Waals surface area contributed by atoms with Crippen molar-refractivity contribution >= 4 is 22.8 Å². The molecule has 0 spiro atoms. The normalized spacial score (nSPS) is 16.1. The van der Waals surface area contributed by atoms with Gasteiger partial charge in [-0.05, 0) is 48.7 Å². The highest BCUT2D eigenvalue weighted by Gasteiger charge is 2.34. The van der Waals surface area contributed by atoms with Gasteiger partial charge in [0.05, 0.1) is 5.69 Å². The molecule has 31 heavy (non-hydrogen) atoms. The number of benzene rings is 2. The lowest BCUT2D eigenvalue weighted by Crippen LogP contribution is -2.34. The predicted octanol–water partition coefficient (Wildman–Crippen LogP) is 5.54. The molecule has 0 bridgehead atoms. The fourth-order valence-electron chi connectivity index (χ4n) is 3.85. The van der Waals surface area contributed by atoms with Crippen molar-refractivity contribution in [2.24, 2.45) is 0 Å². The number of carbonyl (C=O) groups is 1. The Morgan fingerprint density at radius 2 is 2.03 bits per heavy atom. The van der Waals surface area contributed by atoms with Gasteiger partial charge in [-0.25, -0.2) is 18.6 Å². The SMILES string of the molecule is O=C(Nc1ccc(F)cc1F)N1CCC[C@H]1c1nc2cc(-c3cccnc3)ccc2o1. The molecule has 5 rings (SSSR count). The Morgan fingerprint density at radius 3 is 2.84 bits per heavy atom. The van der Waals surface area contributed by atoms with Crippen LogP contribution in [0.3, 0.4) is 0 Å². The zero-order chi connectivity index (χ0) is 21.4. The standard InChI is InChI=1S/C23H18F2N4O2/c24-16-6-7-18(17(25)12-16)28-23(30)29-10-2-4-20(29)22-27-19-11-14(5-8-21(19)31-22)15-3-1-9-26-13-15/h1,3,5-9,11-13,20H,2,4,10H2,(H,28,30)/t20-/m0/s1. The van der Waals surface area contributed by atoms with Crippen LogP contribution in [-0.4, -0.2) is 27.4 Å². The number of oxazole rings is 1. The molecule has 3 heterocycles. The summed E-state index contributed by atoms with van der Waals surface area (Å²) in [6.45, 7) is 0.485. The van der Waals surface area contributed by atoms with Crippen LogP contribution in [0.4, 0.5) is 19.3 Å². The molecule has 6 nitrogen and oxygen atoms in total. The number of anilines is 1. The van der Waals surface area contributed by atoms with E-state index in [1.165, 1.54) is 6.07 Å². The van der Waals surface area contributed by atoms with Gasteiger partial charge in [0, 0.05) is 30.6 Å². The van der Waals surface area contributed by atoms with Gasteiger partial charge in [0.1, 0.15) is 23.2 Å². The zero-order valence-corrected chi connectivity index (χ0v) is 16.4. The van der Waals surface area contributed by atoms with E-state index in [0.29, 0.717) is 30.0 Å². The number of hydrogen-bond donors (Lipinski definition) is 1. The summed E-state index contributed by atoms with van der Waals surface area (Å²) in [4.78, 5) is 23.1. The summed E-state index contributed by atoms with van der Waals surface area (Å²) in [5, 5.41) is 2.51. The van der Waals surface area contributed by atoms with Gasteiger partial charge in [-0.3, -0.25) is 4.98 Å². The van der Waals surface area contributed by atoms with Gasteiger partial charge in [0.2, 0.25) is 5.89 Å². The van der Waals surface area contributed by atoms with Crippen LogP contribution in [0, 0.1) is 11.6 Å². The van der Waals surface area contributed by atoms with Crippen molar-refractivity contribution < 1.29 is 18.0 Å². The molecule has 8 heteroatoms. The van der Waals surface area contributed by atoms with Gasteiger partial charge in [0.25, 0.3) is 0 Å². The second kappa shape index (κ2) is 7.79. The van der Waals surface area contributed by atoms with E-state index < -0.39 is 17.7 Å². The minimum atomic E-state index is -0.825. The smallest absolute Gasteiger partial charge is 0.322 e. The largest absolute Gasteiger partial charge is 0.438 e. The van der Waals surface area contributed by atoms with Gasteiger partial charge in [0.15, 0.2) is 5.58 Å². The first-order valence-corrected chi connectivity index (χ1v) is 9.92. The van der Waals surface area contributed by atoms with Crippen molar-refractivity contribution in [2.45, 2.75) is 18.9 Å². The van der Waals surface area contributed by atoms with E-state index in [2.05, 4.69) is 15.3 Å². The summed E-state index contributed by atoms with van der Waals surface area (Å²) in [5.41, 5.74) is 3.17. The minimum absolute atomic E-state index is 0.0734. The van der Waals surface area contributed by atoms with Gasteiger partial charge < -0.3 is 14.6 Å². The lowest BCUT2D eigenvalue weighted by Gasteiger charge is -2.22. The number of hydrogen-bond acceptors (Lipinski definition) is 4. The van der Waals surface area contributed by atoms with Crippen LogP contribution in [0.25, 0.3) is 22.2 Å². The Morgan fingerprint density at radius 1 is 1.13 bits per heavy atom. The van der Waals surface area contributed by atoms with E-state index in [4.69, 9.17) is 4.42 Å². The Balaban J connectivity index is 1.40. The predicted molar refractivity (Wildman–Crippen MR) is 111 cm³/mol. The van der Waals surface area contributed by atoms with E-state index in [0.717, 1.165) is 29.7 Å². The molecule has 0 aliphatic carbocycles. The summed E-state index contributed by atoms with van der Waals surface area (Å²) < 4.78 is 33.0. The van der Waals surface area contributed by atoms with E-state index in [1.807, 2.05) is 30.3 Å². The quantitative estimate of drug-likeness (QED) is 0.473. The number of rotatable bonds is 3. The number of amides is 2. The summed E-state index contributed by atoms with van der Waals surface area (Å²) >= 11 is 0. The van der Waals surface area contributed by atoms with Crippen LogP contribution in [0.15, 0.2) is 65.3 Å². The lowest BCUT2D eigenvalue weighted by atomic mass is 10.1. The summed E-state index contributed by atoms with van der Waals surface area (Å²) in [6.07, 6.45) is 4.94. The molecule has 4 aromatic rings. The number of nitrogens with one attached hydrogen (secondary N) is 1. The first-order valence-electron chi connectivity index (χ1n) is 9.92. The molecule has 1 aliphatic heterocycles. The van der Waals surface area contributed by atoms with E-state index >= 15 is 0 Å². The molecule has 0 saturated carbocycles. The van der Waals surface area contributed by atoms with Crippen LogP contribution in [0.2, 0.25) is 0 Å². The zero-order valence-electron chi connectivity index (χ0n) is 16.4. The number of carbonyl (C=O) groups excluding carboxylic acids is 1. The number of likely N-dealkylation sites (tertiary alicyclic amines) is 1. The van der Waals surface area contributed by atoms with Gasteiger partial charge in [-0.2, -0.15) is 0 Å². The molecule has 0 unspecified atom stereocenters. The highest BCUT2D eigenvalue weighted by molar-refractivity contribution is 5.90. The fraction of sp³-hybridized carbons (Fsp3) is 0.174. The number of fused-ring (bicyclic) bond motifs is 1. The van der Waals surface area contributed by atoms with Crippen molar-refractivity contribution in [3.05, 3.63) is 78.4 Å². The molecule has 1 fully saturated rings. The average molecular weight is 420 g/mol. The first-order chi connectivity index (χ1) is 15.1. The minimum Gasteiger partial charge on any atom is -0.438 e. The second-order valence-electron chi connectivity index (χ2n) is 7.38. The molecule has 1 saturated heterocycles. The summed E-state index contributed by atoms with van der Waals surface area (Å²) in [5.74, 6) is -1.09. The maximum atomic E-state index is 13.9. The van der Waals surface area contributed by atoms with Crippen molar-refractivity contribution in [3.8, 4) is 11.1 Å². The molecule has 2 amide bonds. The van der Waals surface area contributed by atoms with Crippen LogP contribution >= 0.6 is 0 Å². The monoisotopic (exact) mass is 420 g/mol. The molecule has 156 valence electrons. The molecule has 0 radical (unpaired) electrons. The third-order valence-electron chi connectivity index (χ3n) is 5.37. The van der Waals surface area contributed by atoms with Gasteiger partial charge in [-0.1, -0.05) is 12.1 Å². The number of nitrogens with zero attached hydrogens (tertiary/aromatic N) is 3. The number of halogens is 2. The maximum absolute atomic E-state index is 13.9. The molecule has 1 N–H and O–H groups in total. The highest BCUT2D eigenvalue weighted by Crippen LogP contribution is 2.34. The highest BCUT2D eigenvalue weighted by atomic mass is 19.1. The topological polar surface area (TPSA) is 71.3 Å². The fourth-order valence-corrected chi connectivity index (χ4v) is 3.85. The Kier molecular flexibility index (Phi) is 4.82. The van der Waals surface area contributed by atoms with Crippen LogP contribution < -0.4 is 5.32 Å². The van der Waals surface area contributed by atoms with Crippen molar-refractivity contribution in [1.82, 2.24) is 14.9 Å². The van der Waals surface area contributed by atoms with Crippen LogP contribution in [0.1, 0.15) is 24.8 Å². The Labute approximate surface area is 176 Å². The summed E-state index contributed by atoms with van der Waals surface area (Å²) in [6, 6.07) is 11.7. The average Bonchev–Trinajstić information content (AvgIpc) is 3.42. The van der Waals surface area contributed by atoms with Gasteiger partial charge in [-0.15, -0.1) is 0 Å². The van der Waals surface area contributed by atoms with E-state index in [-0.39, 0.29) is 11.7 Å². The van der Waals surface area contributed by atoms with E-state index in [9.17, 15) is 13.6 Å². The molecular weight excluding hydrogens is 402 g/mol. The third-order valence-corrected chi connectivity index (χ3v) is 5.37. The molecule has 2 aromatic heterocycles. The van der Waals surface area contributed by atoms with E-state index in [1.54, 1.807) is 17.3 Å². The number of aromatic nitrogens is 2. The van der Waals surface area contributed by atoms with Crippen LogP contribution in [-0.2, 0) is 0 Å². The molecule has 2 aromatic carbocycles. The van der Waals surface area contributed by atoms with Crippen molar-refractivity contribution in [3.63, 3.8) is 0 Å². The van der Waals surface area contributed by atoms with Crippen molar-refractivity contribution in [2.75, 3.05) is 11.9 Å². The molecule has 1 atom stereocenters. The number of urea groups is 1. The second-order valence-corrected chi connectivity index (χ2v) is 7.38. The lowest BCUT2D eigenvalue weighted by molar-refractivity contribution is 0.198. The Bertz CT molecular complexity index is 1260. The van der Waals surface area contributed by atoms with Crippen molar-refractivity contribution in [1.29, 1.82) is 0 Å². The maximum Gasteiger partial charge on any atom is 0.322 e. The molecular formula is C23H18F2N4O2. The van der Waals surface area contributed by atoms with Crippen LogP contribution in [0.5, 0.6) is 0 Å². The first kappa shape index (κ1) is 19.2. The molecule has 1 aliphatic rings.